The molecule has 0 fully saturated rings. The lowest BCUT2D eigenvalue weighted by atomic mass is 10.3. The number of hydrogen-bond donors (Lipinski definition) is 1. The molecule has 8 heteroatoms. The Balaban J connectivity index is 2.94. The largest absolute Gasteiger partial charge is 0.771 e. The molecule has 1 aromatic heterocycles. The van der Waals surface area contributed by atoms with Gasteiger partial charge >= 0.3 is 6.18 Å². The average Bonchev–Trinajstić information content (AvgIpc) is 2.18. The van der Waals surface area contributed by atoms with Gasteiger partial charge in [-0.15, -0.1) is 0 Å². The summed E-state index contributed by atoms with van der Waals surface area (Å²) >= 11 is 5.55. The van der Waals surface area contributed by atoms with Crippen molar-refractivity contribution < 1.29 is 17.9 Å². The molecule has 1 aromatic rings. The quantitative estimate of drug-likeness (QED) is 0.668. The minimum absolute atomic E-state index is 0.246. The Morgan fingerprint density at radius 2 is 2.17 bits per heavy atom. The van der Waals surface area contributed by atoms with Crippen molar-refractivity contribution in [2.24, 2.45) is 5.73 Å². The second-order valence-corrected chi connectivity index (χ2v) is 3.74. The summed E-state index contributed by atoms with van der Waals surface area (Å²) in [6.07, 6.45) is -2.93. The maximum absolute atomic E-state index is 12.3. The molecule has 0 bridgehead atoms. The fourth-order valence-corrected chi connectivity index (χ4v) is 1.18. The predicted molar refractivity (Wildman–Crippen MR) is 61.2 cm³/mol. The van der Waals surface area contributed by atoms with Crippen LogP contribution in [0.25, 0.3) is 5.41 Å². The minimum Gasteiger partial charge on any atom is -0.771 e. The zero-order chi connectivity index (χ0) is 13.9. The van der Waals surface area contributed by atoms with Crippen LogP contribution in [0.1, 0.15) is 12.5 Å². The van der Waals surface area contributed by atoms with E-state index in [4.69, 9.17) is 22.1 Å². The summed E-state index contributed by atoms with van der Waals surface area (Å²) in [5.74, 6) is -0.969. The molecule has 0 radical (unpaired) electrons. The fourth-order valence-electron chi connectivity index (χ4n) is 0.979. The second-order valence-electron chi connectivity index (χ2n) is 3.34. The third-order valence-corrected chi connectivity index (χ3v) is 1.96. The number of ether oxygens (including phenoxy) is 1. The number of rotatable bonds is 2. The highest BCUT2D eigenvalue weighted by molar-refractivity contribution is 6.32. The monoisotopic (exact) mass is 278 g/mol. The smallest absolute Gasteiger partial charge is 0.417 e. The summed E-state index contributed by atoms with van der Waals surface area (Å²) in [5, 5.41) is 8.87. The number of alkyl halides is 3. The van der Waals surface area contributed by atoms with E-state index < -0.39 is 17.6 Å². The van der Waals surface area contributed by atoms with Gasteiger partial charge in [0, 0.05) is 17.8 Å². The van der Waals surface area contributed by atoms with Gasteiger partial charge in [0.15, 0.2) is 0 Å². The molecule has 2 N–H and O–H groups in total. The SMILES string of the molecule is C/C(N)=C/C(=[N-])Oc1ncc(C(F)(F)F)cc1Cl. The molecule has 0 saturated carbocycles. The van der Waals surface area contributed by atoms with Crippen LogP contribution in [0.4, 0.5) is 13.2 Å². The van der Waals surface area contributed by atoms with Crippen molar-refractivity contribution >= 4 is 17.5 Å². The highest BCUT2D eigenvalue weighted by atomic mass is 35.5. The van der Waals surface area contributed by atoms with Gasteiger partial charge in [0.2, 0.25) is 5.88 Å². The lowest BCUT2D eigenvalue weighted by molar-refractivity contribution is -0.137. The van der Waals surface area contributed by atoms with Crippen molar-refractivity contribution in [3.8, 4) is 5.88 Å². The Morgan fingerprint density at radius 3 is 2.61 bits per heavy atom. The molecular formula is C10H8ClF3N3O-. The minimum atomic E-state index is -4.55. The molecule has 0 atom stereocenters. The van der Waals surface area contributed by atoms with E-state index in [1.54, 1.807) is 0 Å². The first-order valence-electron chi connectivity index (χ1n) is 4.60. The molecule has 1 rings (SSSR count). The number of allylic oxidation sites excluding steroid dienone is 1. The number of pyridine rings is 1. The van der Waals surface area contributed by atoms with Crippen LogP contribution in [-0.4, -0.2) is 10.9 Å². The molecule has 0 aromatic carbocycles. The summed E-state index contributed by atoms with van der Waals surface area (Å²) in [7, 11) is 0. The van der Waals surface area contributed by atoms with Gasteiger partial charge in [0.25, 0.3) is 0 Å². The van der Waals surface area contributed by atoms with E-state index >= 15 is 0 Å². The predicted octanol–water partition coefficient (Wildman–Crippen LogP) is 2.96. The number of nitrogens with zero attached hydrogens (tertiary/aromatic N) is 2. The summed E-state index contributed by atoms with van der Waals surface area (Å²) in [6.45, 7) is 1.49. The summed E-state index contributed by atoms with van der Waals surface area (Å²) in [5.41, 5.74) is 4.50. The molecule has 1 heterocycles. The standard InChI is InChI=1S/C10H8ClF3N3O/c1-5(15)2-8(16)18-9-7(11)3-6(4-17-9)10(12,13)14/h2-4H,15H2,1H3/q-1/b5-2-. The molecule has 0 unspecified atom stereocenters. The van der Waals surface area contributed by atoms with Gasteiger partial charge in [-0.05, 0) is 19.1 Å². The maximum Gasteiger partial charge on any atom is 0.417 e. The van der Waals surface area contributed by atoms with Crippen LogP contribution in [0.3, 0.4) is 0 Å². The highest BCUT2D eigenvalue weighted by Crippen LogP contribution is 2.33. The summed E-state index contributed by atoms with van der Waals surface area (Å²) in [4.78, 5) is 3.37. The van der Waals surface area contributed by atoms with Gasteiger partial charge < -0.3 is 15.9 Å². The van der Waals surface area contributed by atoms with Crippen LogP contribution >= 0.6 is 11.6 Å². The topological polar surface area (TPSA) is 70.4 Å². The second kappa shape index (κ2) is 5.26. The zero-order valence-corrected chi connectivity index (χ0v) is 9.88. The number of aromatic nitrogens is 1. The highest BCUT2D eigenvalue weighted by Gasteiger charge is 2.31. The van der Waals surface area contributed by atoms with E-state index in [-0.39, 0.29) is 16.6 Å². The molecular weight excluding hydrogens is 271 g/mol. The molecule has 18 heavy (non-hydrogen) atoms. The average molecular weight is 279 g/mol. The van der Waals surface area contributed by atoms with Crippen molar-refractivity contribution in [2.45, 2.75) is 13.1 Å². The van der Waals surface area contributed by atoms with Crippen LogP contribution < -0.4 is 10.5 Å². The Labute approximate surface area is 106 Å². The Hall–Kier alpha value is -1.76. The van der Waals surface area contributed by atoms with Crippen molar-refractivity contribution in [1.29, 1.82) is 0 Å². The Morgan fingerprint density at radius 1 is 1.56 bits per heavy atom. The number of nitrogens with two attached hydrogens (primary N) is 1. The molecule has 4 nitrogen and oxygen atoms in total. The van der Waals surface area contributed by atoms with Gasteiger partial charge in [0.05, 0.1) is 5.56 Å². The number of hydrogen-bond acceptors (Lipinski definition) is 3. The normalized spacial score (nSPS) is 12.4. The molecule has 0 spiro atoms. The van der Waals surface area contributed by atoms with Crippen molar-refractivity contribution in [3.05, 3.63) is 40.0 Å². The Kier molecular flexibility index (Phi) is 4.18. The van der Waals surface area contributed by atoms with E-state index in [1.165, 1.54) is 6.92 Å². The van der Waals surface area contributed by atoms with Gasteiger partial charge in [-0.2, -0.15) is 13.2 Å². The maximum atomic E-state index is 12.3. The first-order valence-corrected chi connectivity index (χ1v) is 4.98. The van der Waals surface area contributed by atoms with Crippen LogP contribution in [0, 0.1) is 0 Å². The number of halogens is 4. The third-order valence-electron chi connectivity index (χ3n) is 1.69. The van der Waals surface area contributed by atoms with Crippen molar-refractivity contribution in [1.82, 2.24) is 4.98 Å². The van der Waals surface area contributed by atoms with Gasteiger partial charge in [0.1, 0.15) is 5.02 Å². The van der Waals surface area contributed by atoms with Crippen molar-refractivity contribution in [2.75, 3.05) is 0 Å². The van der Waals surface area contributed by atoms with Crippen LogP contribution in [0.2, 0.25) is 5.02 Å². The van der Waals surface area contributed by atoms with Crippen LogP contribution in [0.5, 0.6) is 5.88 Å². The van der Waals surface area contributed by atoms with Crippen molar-refractivity contribution in [3.63, 3.8) is 0 Å². The molecule has 0 saturated heterocycles. The van der Waals surface area contributed by atoms with E-state index in [0.717, 1.165) is 6.08 Å². The molecule has 0 aliphatic rings. The summed E-state index contributed by atoms with van der Waals surface area (Å²) in [6, 6.07) is 0.649. The Bertz CT molecular complexity index is 496. The van der Waals surface area contributed by atoms with Gasteiger partial charge in [-0.1, -0.05) is 11.6 Å². The molecule has 0 aliphatic heterocycles. The van der Waals surface area contributed by atoms with E-state index in [0.29, 0.717) is 12.3 Å². The summed E-state index contributed by atoms with van der Waals surface area (Å²) < 4.78 is 41.7. The van der Waals surface area contributed by atoms with Crippen LogP contribution in [0.15, 0.2) is 24.0 Å². The first-order chi connectivity index (χ1) is 8.20. The zero-order valence-electron chi connectivity index (χ0n) is 9.12. The fraction of sp³-hybridized carbons (Fsp3) is 0.200. The van der Waals surface area contributed by atoms with E-state index in [2.05, 4.69) is 4.98 Å². The molecule has 98 valence electrons. The van der Waals surface area contributed by atoms with Crippen LogP contribution in [-0.2, 0) is 6.18 Å². The molecule has 0 aliphatic carbocycles. The van der Waals surface area contributed by atoms with Gasteiger partial charge in [-0.3, -0.25) is 0 Å². The van der Waals surface area contributed by atoms with E-state index in [1.807, 2.05) is 0 Å². The lowest BCUT2D eigenvalue weighted by Crippen LogP contribution is -2.09. The van der Waals surface area contributed by atoms with Gasteiger partial charge in [-0.25, -0.2) is 4.98 Å². The first kappa shape index (κ1) is 14.3. The third kappa shape index (κ3) is 3.92. The van der Waals surface area contributed by atoms with E-state index in [9.17, 15) is 18.6 Å². The molecule has 0 amide bonds. The lowest BCUT2D eigenvalue weighted by Gasteiger charge is -2.13.